The molecule has 0 N–H and O–H groups in total. The normalized spacial score (nSPS) is 14.1. The third-order valence-electron chi connectivity index (χ3n) is 0.868. The van der Waals surface area contributed by atoms with Crippen LogP contribution in [0.1, 0.15) is 14.7 Å². The molecule has 0 spiro atoms. The lowest BCUT2D eigenvalue weighted by Gasteiger charge is -1.86. The molecule has 0 radical (unpaired) electrons. The Balaban J connectivity index is 3.97. The van der Waals surface area contributed by atoms with Crippen molar-refractivity contribution in [2.24, 2.45) is 0 Å². The largest absolute Gasteiger partial charge is 0.0985 e. The fourth-order valence-electron chi connectivity index (χ4n) is 0.455. The molecule has 0 atom stereocenters. The first-order valence-electron chi connectivity index (χ1n) is 3.30. The summed E-state index contributed by atoms with van der Waals surface area (Å²) in [5.41, 5.74) is 1.02. The molecule has 0 rings (SSSR count). The molecule has 0 bridgehead atoms. The molecule has 0 aromatic carbocycles. The van der Waals surface area contributed by atoms with Gasteiger partial charge in [0.1, 0.15) is 0 Å². The molecular formula is C8H12. The van der Waals surface area contributed by atoms with Crippen LogP contribution in [-0.2, 0) is 0 Å². The number of allylic oxidation sites excluding steroid dienone is 4. The molecular weight excluding hydrogens is 96.1 g/mol. The van der Waals surface area contributed by atoms with Crippen molar-refractivity contribution in [2.45, 2.75) is 13.3 Å². The van der Waals surface area contributed by atoms with E-state index in [4.69, 9.17) is 1.37 Å². The lowest BCUT2D eigenvalue weighted by Crippen LogP contribution is -1.65. The third kappa shape index (κ3) is 2.40. The van der Waals surface area contributed by atoms with Crippen LogP contribution in [0.2, 0.25) is 0 Å². The molecule has 0 aromatic heterocycles. The average Bonchev–Trinajstić information content (AvgIpc) is 1.88. The van der Waals surface area contributed by atoms with Gasteiger partial charge in [0.15, 0.2) is 0 Å². The Bertz CT molecular complexity index is 132. The second-order valence-electron chi connectivity index (χ2n) is 1.48. The Morgan fingerprint density at radius 2 is 2.50 bits per heavy atom. The van der Waals surface area contributed by atoms with Gasteiger partial charge in [-0.3, -0.25) is 0 Å². The van der Waals surface area contributed by atoms with Gasteiger partial charge in [-0.05, 0) is 12.0 Å². The topological polar surface area (TPSA) is 0 Å². The van der Waals surface area contributed by atoms with Gasteiger partial charge in [-0.25, -0.2) is 0 Å². The molecule has 0 saturated carbocycles. The van der Waals surface area contributed by atoms with Gasteiger partial charge in [0.25, 0.3) is 0 Å². The molecule has 0 nitrogen and oxygen atoms in total. The first kappa shape index (κ1) is 5.36. The second-order valence-corrected chi connectivity index (χ2v) is 1.48. The highest BCUT2D eigenvalue weighted by molar-refractivity contribution is 5.26. The van der Waals surface area contributed by atoms with Gasteiger partial charge in [0.2, 0.25) is 0 Å². The maximum Gasteiger partial charge on any atom is 0.0538 e. The molecule has 0 aliphatic rings. The van der Waals surface area contributed by atoms with E-state index in [2.05, 4.69) is 13.5 Å². The van der Waals surface area contributed by atoms with Crippen LogP contribution in [0.4, 0.5) is 0 Å². The predicted octanol–water partition coefficient (Wildman–Crippen LogP) is 2.69. The Labute approximate surface area is 52.6 Å². The van der Waals surface area contributed by atoms with Gasteiger partial charge in [0, 0.05) is 0 Å². The van der Waals surface area contributed by atoms with E-state index in [0.717, 1.165) is 12.0 Å². The molecule has 0 aliphatic carbocycles. The van der Waals surface area contributed by atoms with Crippen molar-refractivity contribution < 1.29 is 1.37 Å². The second kappa shape index (κ2) is 4.38. The summed E-state index contributed by atoms with van der Waals surface area (Å²) in [6.45, 7) is 6.92. The first-order valence-corrected chi connectivity index (χ1v) is 2.72. The number of hydrogen-bond acceptors (Lipinski definition) is 0. The first-order chi connectivity index (χ1) is 4.35. The molecule has 0 saturated heterocycles. The zero-order valence-electron chi connectivity index (χ0n) is 6.22. The Kier molecular flexibility index (Phi) is 2.93. The van der Waals surface area contributed by atoms with E-state index in [0.29, 0.717) is 0 Å². The minimum atomic E-state index is 0.992. The SMILES string of the molecule is [2H]C=CC(C=C)=CCC. The molecule has 0 aromatic rings. The Morgan fingerprint density at radius 3 is 2.88 bits per heavy atom. The van der Waals surface area contributed by atoms with Crippen LogP contribution in [0, 0.1) is 0 Å². The fraction of sp³-hybridized carbons (Fsp3) is 0.250. The van der Waals surface area contributed by atoms with Gasteiger partial charge < -0.3 is 0 Å². The maximum absolute atomic E-state index is 6.75. The summed E-state index contributed by atoms with van der Waals surface area (Å²) in [5, 5.41) is 0. The molecule has 44 valence electrons. The van der Waals surface area contributed by atoms with Crippen molar-refractivity contribution in [3.8, 4) is 0 Å². The van der Waals surface area contributed by atoms with E-state index < -0.39 is 0 Å². The summed E-state index contributed by atoms with van der Waals surface area (Å²) in [5.74, 6) is 0. The van der Waals surface area contributed by atoms with Gasteiger partial charge in [0.05, 0.1) is 1.37 Å². The molecule has 0 amide bonds. The van der Waals surface area contributed by atoms with E-state index in [-0.39, 0.29) is 0 Å². The summed E-state index contributed by atoms with van der Waals surface area (Å²) >= 11 is 0. The molecule has 0 heteroatoms. The smallest absolute Gasteiger partial charge is 0.0538 e. The summed E-state index contributed by atoms with van der Waals surface area (Å²) in [7, 11) is 0. The quantitative estimate of drug-likeness (QED) is 0.489. The lowest BCUT2D eigenvalue weighted by molar-refractivity contribution is 1.21. The van der Waals surface area contributed by atoms with E-state index in [1.54, 1.807) is 12.2 Å². The predicted molar refractivity (Wildman–Crippen MR) is 38.8 cm³/mol. The van der Waals surface area contributed by atoms with Crippen molar-refractivity contribution in [1.82, 2.24) is 0 Å². The molecule has 0 unspecified atom stereocenters. The van der Waals surface area contributed by atoms with Crippen LogP contribution in [0.5, 0.6) is 0 Å². The van der Waals surface area contributed by atoms with Crippen molar-refractivity contribution in [2.75, 3.05) is 0 Å². The maximum atomic E-state index is 6.75. The summed E-state index contributed by atoms with van der Waals surface area (Å²) in [6.07, 6.45) is 6.48. The zero-order chi connectivity index (χ0) is 7.11. The lowest BCUT2D eigenvalue weighted by atomic mass is 10.2. The summed E-state index contributed by atoms with van der Waals surface area (Å²) in [6, 6.07) is 0. The van der Waals surface area contributed by atoms with Crippen LogP contribution < -0.4 is 0 Å². The van der Waals surface area contributed by atoms with Gasteiger partial charge in [-0.1, -0.05) is 38.3 Å². The average molecular weight is 109 g/mol. The molecule has 0 fully saturated rings. The van der Waals surface area contributed by atoms with Crippen LogP contribution >= 0.6 is 0 Å². The number of rotatable bonds is 3. The molecule has 0 heterocycles. The third-order valence-corrected chi connectivity index (χ3v) is 0.868. The Morgan fingerprint density at radius 1 is 1.75 bits per heavy atom. The highest BCUT2D eigenvalue weighted by Gasteiger charge is 1.76. The van der Waals surface area contributed by atoms with Crippen molar-refractivity contribution in [3.63, 3.8) is 0 Å². The van der Waals surface area contributed by atoms with Crippen molar-refractivity contribution in [1.29, 1.82) is 0 Å². The Hall–Kier alpha value is -0.780. The van der Waals surface area contributed by atoms with Gasteiger partial charge >= 0.3 is 0 Å². The molecule has 0 aliphatic heterocycles. The minimum absolute atomic E-state index is 0.992. The highest BCUT2D eigenvalue weighted by atomic mass is 13.8. The fourth-order valence-corrected chi connectivity index (χ4v) is 0.455. The summed E-state index contributed by atoms with van der Waals surface area (Å²) in [4.78, 5) is 0. The van der Waals surface area contributed by atoms with Gasteiger partial charge in [-0.15, -0.1) is 0 Å². The zero-order valence-corrected chi connectivity index (χ0v) is 5.22. The monoisotopic (exact) mass is 109 g/mol. The van der Waals surface area contributed by atoms with Crippen molar-refractivity contribution in [3.05, 3.63) is 36.9 Å². The van der Waals surface area contributed by atoms with Crippen LogP contribution in [0.25, 0.3) is 0 Å². The van der Waals surface area contributed by atoms with E-state index in [9.17, 15) is 0 Å². The van der Waals surface area contributed by atoms with Gasteiger partial charge in [-0.2, -0.15) is 0 Å². The van der Waals surface area contributed by atoms with Crippen LogP contribution in [0.15, 0.2) is 36.9 Å². The molecule has 8 heavy (non-hydrogen) atoms. The van der Waals surface area contributed by atoms with Crippen LogP contribution in [0.3, 0.4) is 0 Å². The highest BCUT2D eigenvalue weighted by Crippen LogP contribution is 1.96. The van der Waals surface area contributed by atoms with E-state index in [1.807, 2.05) is 6.08 Å². The van der Waals surface area contributed by atoms with E-state index >= 15 is 0 Å². The van der Waals surface area contributed by atoms with Crippen LogP contribution in [-0.4, -0.2) is 0 Å². The standard InChI is InChI=1S/C8H12/c1-4-7-8(5-2)6-3/h5-7H,2-4H2,1H3/i2D. The minimum Gasteiger partial charge on any atom is -0.0985 e. The van der Waals surface area contributed by atoms with E-state index in [1.165, 1.54) is 6.55 Å². The number of hydrogen-bond donors (Lipinski definition) is 0. The summed E-state index contributed by atoms with van der Waals surface area (Å²) < 4.78 is 6.75. The van der Waals surface area contributed by atoms with Crippen molar-refractivity contribution >= 4 is 0 Å².